The lowest BCUT2D eigenvalue weighted by Gasteiger charge is -1.92. The second kappa shape index (κ2) is 4.02. The van der Waals surface area contributed by atoms with Crippen LogP contribution in [0.1, 0.15) is 16.1 Å². The van der Waals surface area contributed by atoms with Crippen molar-refractivity contribution in [2.75, 3.05) is 0 Å². The van der Waals surface area contributed by atoms with Crippen LogP contribution in [0.4, 0.5) is 0 Å². The molecule has 0 amide bonds. The number of aromatic amines is 1. The number of carboxylic acid groups (broad SMARTS) is 1. The molecule has 2 aromatic rings. The van der Waals surface area contributed by atoms with Gasteiger partial charge in [-0.3, -0.25) is 4.79 Å². The summed E-state index contributed by atoms with van der Waals surface area (Å²) in [6.07, 6.45) is 3.75. The number of allylic oxidation sites excluding steroid dienone is 1. The third-order valence-electron chi connectivity index (χ3n) is 2.24. The molecule has 0 aliphatic rings. The fourth-order valence-corrected chi connectivity index (χ4v) is 1.51. The van der Waals surface area contributed by atoms with Crippen molar-refractivity contribution in [3.63, 3.8) is 0 Å². The third-order valence-corrected chi connectivity index (χ3v) is 2.24. The number of carboxylic acids is 1. The van der Waals surface area contributed by atoms with Gasteiger partial charge in [-0.2, -0.15) is 0 Å². The number of benzene rings is 1. The van der Waals surface area contributed by atoms with Crippen molar-refractivity contribution >= 4 is 29.2 Å². The van der Waals surface area contributed by atoms with Gasteiger partial charge in [0.2, 0.25) is 0 Å². The predicted molar refractivity (Wildman–Crippen MR) is 60.4 cm³/mol. The second-order valence-corrected chi connectivity index (χ2v) is 3.33. The van der Waals surface area contributed by atoms with Crippen LogP contribution in [-0.4, -0.2) is 22.3 Å². The highest BCUT2D eigenvalue weighted by Gasteiger charge is 2.06. The molecule has 0 atom stereocenters. The van der Waals surface area contributed by atoms with E-state index in [-0.39, 0.29) is 5.69 Å². The number of aromatic nitrogens is 1. The van der Waals surface area contributed by atoms with Gasteiger partial charge in [0.05, 0.1) is 0 Å². The van der Waals surface area contributed by atoms with Crippen molar-refractivity contribution in [3.8, 4) is 0 Å². The number of fused-ring (bicyclic) bond motifs is 1. The molecule has 1 aromatic heterocycles. The Kier molecular flexibility index (Phi) is 2.55. The monoisotopic (exact) mass is 215 g/mol. The molecule has 0 saturated carbocycles. The Morgan fingerprint density at radius 1 is 1.31 bits per heavy atom. The molecule has 4 nitrogen and oxygen atoms in total. The van der Waals surface area contributed by atoms with Crippen LogP contribution in [0.2, 0.25) is 0 Å². The van der Waals surface area contributed by atoms with Crippen LogP contribution in [0.25, 0.3) is 17.0 Å². The number of nitrogens with one attached hydrogen (secondary N) is 1. The zero-order chi connectivity index (χ0) is 11.5. The largest absolute Gasteiger partial charge is 0.477 e. The van der Waals surface area contributed by atoms with Gasteiger partial charge >= 0.3 is 5.97 Å². The maximum atomic E-state index is 10.7. The van der Waals surface area contributed by atoms with Gasteiger partial charge in [0.25, 0.3) is 0 Å². The molecule has 0 fully saturated rings. The molecular formula is C12H9NO3. The summed E-state index contributed by atoms with van der Waals surface area (Å²) in [5, 5.41) is 9.64. The summed E-state index contributed by atoms with van der Waals surface area (Å²) in [5.41, 5.74) is 1.75. The van der Waals surface area contributed by atoms with Crippen LogP contribution in [0.15, 0.2) is 30.3 Å². The zero-order valence-corrected chi connectivity index (χ0v) is 8.31. The highest BCUT2D eigenvalue weighted by molar-refractivity contribution is 5.94. The lowest BCUT2D eigenvalue weighted by atomic mass is 10.1. The summed E-state index contributed by atoms with van der Waals surface area (Å²) in [4.78, 5) is 23.7. The minimum Gasteiger partial charge on any atom is -0.477 e. The van der Waals surface area contributed by atoms with E-state index in [1.165, 1.54) is 6.08 Å². The molecule has 0 spiro atoms. The van der Waals surface area contributed by atoms with Crippen LogP contribution in [0.5, 0.6) is 0 Å². The predicted octanol–water partition coefficient (Wildman–Crippen LogP) is 2.08. The third kappa shape index (κ3) is 1.86. The highest BCUT2D eigenvalue weighted by atomic mass is 16.4. The molecule has 1 heterocycles. The fourth-order valence-electron chi connectivity index (χ4n) is 1.51. The number of aromatic carboxylic acids is 1. The fraction of sp³-hybridized carbons (Fsp3) is 0. The van der Waals surface area contributed by atoms with Gasteiger partial charge in [0.15, 0.2) is 0 Å². The molecule has 0 unspecified atom stereocenters. The normalized spacial score (nSPS) is 11.0. The zero-order valence-electron chi connectivity index (χ0n) is 8.31. The first kappa shape index (κ1) is 10.2. The van der Waals surface area contributed by atoms with E-state index in [0.717, 1.165) is 16.5 Å². The Morgan fingerprint density at radius 3 is 2.81 bits per heavy atom. The summed E-state index contributed by atoms with van der Waals surface area (Å²) in [6, 6.07) is 7.00. The molecule has 2 rings (SSSR count). The average Bonchev–Trinajstić information content (AvgIpc) is 2.69. The van der Waals surface area contributed by atoms with E-state index in [1.54, 1.807) is 18.2 Å². The summed E-state index contributed by atoms with van der Waals surface area (Å²) in [5.74, 6) is -0.985. The topological polar surface area (TPSA) is 70.2 Å². The molecule has 80 valence electrons. The molecule has 1 aromatic carbocycles. The number of hydrogen-bond donors (Lipinski definition) is 2. The molecule has 0 bridgehead atoms. The van der Waals surface area contributed by atoms with Gasteiger partial charge < -0.3 is 10.1 Å². The lowest BCUT2D eigenvalue weighted by molar-refractivity contribution is -0.104. The quantitative estimate of drug-likeness (QED) is 0.608. The maximum Gasteiger partial charge on any atom is 0.352 e. The van der Waals surface area contributed by atoms with E-state index in [4.69, 9.17) is 5.11 Å². The summed E-state index contributed by atoms with van der Waals surface area (Å²) >= 11 is 0. The first-order valence-corrected chi connectivity index (χ1v) is 4.68. The van der Waals surface area contributed by atoms with Crippen molar-refractivity contribution in [1.29, 1.82) is 0 Å². The van der Waals surface area contributed by atoms with E-state index in [2.05, 4.69) is 4.98 Å². The molecule has 0 saturated heterocycles. The van der Waals surface area contributed by atoms with Crippen LogP contribution in [0, 0.1) is 0 Å². The van der Waals surface area contributed by atoms with Crippen molar-refractivity contribution in [3.05, 3.63) is 41.6 Å². The Morgan fingerprint density at radius 2 is 2.12 bits per heavy atom. The van der Waals surface area contributed by atoms with Gasteiger partial charge in [0, 0.05) is 10.9 Å². The standard InChI is InChI=1S/C12H9NO3/c14-5-1-2-8-3-4-9-7-11(12(15)16)13-10(9)6-8/h1-7,13H,(H,15,16). The van der Waals surface area contributed by atoms with Gasteiger partial charge in [-0.1, -0.05) is 18.2 Å². The Labute approximate surface area is 91.2 Å². The van der Waals surface area contributed by atoms with Crippen LogP contribution >= 0.6 is 0 Å². The molecular weight excluding hydrogens is 206 g/mol. The molecule has 0 aliphatic heterocycles. The number of hydrogen-bond acceptors (Lipinski definition) is 2. The summed E-state index contributed by atoms with van der Waals surface area (Å²) in [7, 11) is 0. The van der Waals surface area contributed by atoms with Crippen molar-refractivity contribution in [2.45, 2.75) is 0 Å². The maximum absolute atomic E-state index is 10.7. The van der Waals surface area contributed by atoms with Gasteiger partial charge in [-0.25, -0.2) is 4.79 Å². The van der Waals surface area contributed by atoms with Gasteiger partial charge in [0.1, 0.15) is 12.0 Å². The van der Waals surface area contributed by atoms with Crippen molar-refractivity contribution in [1.82, 2.24) is 4.98 Å². The summed E-state index contributed by atoms with van der Waals surface area (Å²) < 4.78 is 0. The molecule has 4 heteroatoms. The van der Waals surface area contributed by atoms with Crippen LogP contribution in [-0.2, 0) is 4.79 Å². The van der Waals surface area contributed by atoms with Crippen molar-refractivity contribution < 1.29 is 14.7 Å². The van der Waals surface area contributed by atoms with E-state index in [1.807, 2.05) is 12.1 Å². The molecule has 0 radical (unpaired) electrons. The van der Waals surface area contributed by atoms with Gasteiger partial charge in [-0.05, 0) is 23.8 Å². The minimum absolute atomic E-state index is 0.159. The van der Waals surface area contributed by atoms with Crippen molar-refractivity contribution in [2.24, 2.45) is 0 Å². The molecule has 2 N–H and O–H groups in total. The molecule has 16 heavy (non-hydrogen) atoms. The first-order valence-electron chi connectivity index (χ1n) is 4.68. The number of carbonyl (C=O) groups is 2. The smallest absolute Gasteiger partial charge is 0.352 e. The van der Waals surface area contributed by atoms with E-state index in [0.29, 0.717) is 6.29 Å². The Bertz CT molecular complexity index is 581. The highest BCUT2D eigenvalue weighted by Crippen LogP contribution is 2.17. The van der Waals surface area contributed by atoms with Gasteiger partial charge in [-0.15, -0.1) is 0 Å². The Balaban J connectivity index is 2.49. The lowest BCUT2D eigenvalue weighted by Crippen LogP contribution is -1.94. The second-order valence-electron chi connectivity index (χ2n) is 3.33. The Hall–Kier alpha value is -2.36. The number of carbonyl (C=O) groups excluding carboxylic acids is 1. The summed E-state index contributed by atoms with van der Waals surface area (Å²) in [6.45, 7) is 0. The van der Waals surface area contributed by atoms with E-state index >= 15 is 0 Å². The first-order chi connectivity index (χ1) is 7.70. The van der Waals surface area contributed by atoms with E-state index in [9.17, 15) is 9.59 Å². The SMILES string of the molecule is O=CC=Cc1ccc2cc(C(=O)O)[nH]c2c1. The number of rotatable bonds is 3. The number of aldehydes is 1. The minimum atomic E-state index is -0.985. The average molecular weight is 215 g/mol. The molecule has 0 aliphatic carbocycles. The number of H-pyrrole nitrogens is 1. The van der Waals surface area contributed by atoms with E-state index < -0.39 is 5.97 Å². The van der Waals surface area contributed by atoms with Crippen LogP contribution in [0.3, 0.4) is 0 Å². The van der Waals surface area contributed by atoms with Crippen LogP contribution < -0.4 is 0 Å².